The molecule has 224 valence electrons. The van der Waals surface area contributed by atoms with Gasteiger partial charge in [-0.15, -0.1) is 0 Å². The highest BCUT2D eigenvalue weighted by molar-refractivity contribution is 6.30. The monoisotopic (exact) mass is 600 g/mol. The molecule has 2 aliphatic heterocycles. The molecule has 4 N–H and O–H groups in total. The second-order valence-electron chi connectivity index (χ2n) is 10.2. The average molecular weight is 601 g/mol. The van der Waals surface area contributed by atoms with Gasteiger partial charge in [-0.2, -0.15) is 13.2 Å². The Kier molecular flexibility index (Phi) is 12.1. The molecule has 0 spiro atoms. The van der Waals surface area contributed by atoms with Gasteiger partial charge in [0, 0.05) is 29.4 Å². The third-order valence-corrected chi connectivity index (χ3v) is 6.06. The van der Waals surface area contributed by atoms with Gasteiger partial charge in [-0.3, -0.25) is 19.2 Å². The van der Waals surface area contributed by atoms with Gasteiger partial charge in [0.2, 0.25) is 11.8 Å². The van der Waals surface area contributed by atoms with Crippen molar-refractivity contribution in [1.29, 1.82) is 0 Å². The molecule has 8 nitrogen and oxygen atoms in total. The summed E-state index contributed by atoms with van der Waals surface area (Å²) in [6.45, 7) is 6.89. The van der Waals surface area contributed by atoms with Crippen molar-refractivity contribution in [2.24, 2.45) is 11.7 Å². The lowest BCUT2D eigenvalue weighted by Gasteiger charge is -2.32. The molecule has 2 aromatic carbocycles. The van der Waals surface area contributed by atoms with Gasteiger partial charge in [0.15, 0.2) is 0 Å². The van der Waals surface area contributed by atoms with Crippen molar-refractivity contribution in [2.75, 3.05) is 25.0 Å². The van der Waals surface area contributed by atoms with Gasteiger partial charge in [0.25, 0.3) is 5.91 Å². The first-order chi connectivity index (χ1) is 19.1. The number of halogens is 5. The minimum absolute atomic E-state index is 0.0472. The number of piperidine rings is 1. The van der Waals surface area contributed by atoms with Gasteiger partial charge < -0.3 is 21.3 Å². The van der Waals surface area contributed by atoms with Crippen LogP contribution in [0.15, 0.2) is 36.4 Å². The Morgan fingerprint density at radius 3 is 2.27 bits per heavy atom. The molecule has 0 aromatic heterocycles. The number of alkyl halides is 3. The van der Waals surface area contributed by atoms with E-state index in [1.165, 1.54) is 17.4 Å². The third-order valence-electron chi connectivity index (χ3n) is 5.84. The fraction of sp³-hybridized carbons (Fsp3) is 0.429. The van der Waals surface area contributed by atoms with Crippen LogP contribution in [0.5, 0.6) is 0 Å². The van der Waals surface area contributed by atoms with Crippen molar-refractivity contribution in [3.8, 4) is 0 Å². The van der Waals surface area contributed by atoms with Gasteiger partial charge in [-0.05, 0) is 66.1 Å². The molecule has 2 aromatic rings. The Labute approximate surface area is 240 Å². The largest absolute Gasteiger partial charge is 0.471 e. The zero-order chi connectivity index (χ0) is 30.9. The fourth-order valence-corrected chi connectivity index (χ4v) is 4.34. The highest BCUT2D eigenvalue weighted by Crippen LogP contribution is 2.32. The maximum absolute atomic E-state index is 13.6. The normalized spacial score (nSPS) is 14.7. The van der Waals surface area contributed by atoms with Crippen LogP contribution in [0.2, 0.25) is 5.02 Å². The van der Waals surface area contributed by atoms with Gasteiger partial charge in [-0.25, -0.2) is 4.39 Å². The minimum Gasteiger partial charge on any atom is -0.368 e. The maximum Gasteiger partial charge on any atom is 0.471 e. The number of carbonyl (C=O) groups is 4. The van der Waals surface area contributed by atoms with Gasteiger partial charge in [0.1, 0.15) is 5.82 Å². The van der Waals surface area contributed by atoms with Crippen LogP contribution in [0.25, 0.3) is 0 Å². The SMILES string of the molecule is CC(C)C.NC(=O)CNC(=O)C(F)(F)F.O=C1Cc2c(cccc2C(=O)N2CCC(c3cc(F)cc(Cl)c3)CC2)N1. The standard InChI is InChI=1S/C20H18ClFN2O2.C4H5F3N2O2.C4H10/c21-14-8-13(9-15(22)10-14)12-4-6-24(7-5-12)20(26)16-2-1-3-18-17(16)11-19(25)23-18;5-4(6,7)3(11)9-1-2(8)10;1-4(2)3/h1-3,8-10,12H,4-7,11H2,(H,23,25);1H2,(H2,8,10)(H,9,11);4H,1-3H3. The summed E-state index contributed by atoms with van der Waals surface area (Å²) in [5, 5.41) is 4.46. The first kappa shape index (κ1) is 33.5. The van der Waals surface area contributed by atoms with Crippen LogP contribution in [0.1, 0.15) is 61.0 Å². The summed E-state index contributed by atoms with van der Waals surface area (Å²) in [5.74, 6) is -2.63. The molecule has 0 bridgehead atoms. The van der Waals surface area contributed by atoms with Crippen molar-refractivity contribution in [1.82, 2.24) is 10.2 Å². The van der Waals surface area contributed by atoms with Gasteiger partial charge in [-0.1, -0.05) is 38.4 Å². The summed E-state index contributed by atoms with van der Waals surface area (Å²) >= 11 is 5.96. The van der Waals surface area contributed by atoms with E-state index in [9.17, 15) is 36.7 Å². The quantitative estimate of drug-likeness (QED) is 0.436. The summed E-state index contributed by atoms with van der Waals surface area (Å²) in [4.78, 5) is 46.2. The van der Waals surface area contributed by atoms with Crippen LogP contribution in [0.3, 0.4) is 0 Å². The highest BCUT2D eigenvalue weighted by atomic mass is 35.5. The molecule has 0 aliphatic carbocycles. The lowest BCUT2D eigenvalue weighted by atomic mass is 9.89. The predicted octanol–water partition coefficient (Wildman–Crippen LogP) is 4.81. The number of rotatable bonds is 4. The molecule has 1 saturated heterocycles. The zero-order valence-electron chi connectivity index (χ0n) is 22.9. The molecule has 4 amide bonds. The molecule has 0 radical (unpaired) electrons. The number of nitrogens with one attached hydrogen (secondary N) is 2. The Morgan fingerprint density at radius 1 is 1.12 bits per heavy atom. The van der Waals surface area contributed by atoms with E-state index < -0.39 is 24.5 Å². The molecule has 0 saturated carbocycles. The lowest BCUT2D eigenvalue weighted by molar-refractivity contribution is -0.173. The van der Waals surface area contributed by atoms with E-state index in [1.807, 2.05) is 11.0 Å². The second kappa shape index (κ2) is 14.8. The molecular weight excluding hydrogens is 568 g/mol. The molecule has 2 aliphatic rings. The average Bonchev–Trinajstić information content (AvgIpc) is 3.26. The van der Waals surface area contributed by atoms with Crippen LogP contribution in [-0.2, 0) is 20.8 Å². The number of primary amides is 1. The number of hydrogen-bond donors (Lipinski definition) is 3. The Bertz CT molecular complexity index is 1240. The van der Waals surface area contributed by atoms with E-state index >= 15 is 0 Å². The summed E-state index contributed by atoms with van der Waals surface area (Å²) in [6, 6.07) is 10.0. The first-order valence-corrected chi connectivity index (χ1v) is 13.3. The number of anilines is 1. The van der Waals surface area contributed by atoms with Crippen molar-refractivity contribution in [3.05, 3.63) is 63.9 Å². The number of nitrogens with two attached hydrogens (primary N) is 1. The van der Waals surface area contributed by atoms with Crippen molar-refractivity contribution in [3.63, 3.8) is 0 Å². The summed E-state index contributed by atoms with van der Waals surface area (Å²) in [5.41, 5.74) is 7.45. The molecule has 0 atom stereocenters. The fourth-order valence-electron chi connectivity index (χ4n) is 4.11. The molecule has 41 heavy (non-hydrogen) atoms. The molecular formula is C28H33ClF4N4O4. The Balaban J connectivity index is 0.000000329. The van der Waals surface area contributed by atoms with Crippen LogP contribution >= 0.6 is 11.6 Å². The van der Waals surface area contributed by atoms with E-state index in [-0.39, 0.29) is 30.0 Å². The predicted molar refractivity (Wildman–Crippen MR) is 147 cm³/mol. The van der Waals surface area contributed by atoms with Crippen LogP contribution in [0, 0.1) is 11.7 Å². The number of hydrogen-bond acceptors (Lipinski definition) is 4. The van der Waals surface area contributed by atoms with E-state index in [1.54, 1.807) is 18.2 Å². The van der Waals surface area contributed by atoms with Crippen molar-refractivity contribution >= 4 is 40.9 Å². The van der Waals surface area contributed by atoms with E-state index in [2.05, 4.69) is 31.8 Å². The van der Waals surface area contributed by atoms with E-state index in [0.29, 0.717) is 23.7 Å². The number of nitrogens with zero attached hydrogens (tertiary/aromatic N) is 1. The Morgan fingerprint density at radius 2 is 1.73 bits per heavy atom. The third kappa shape index (κ3) is 10.7. The van der Waals surface area contributed by atoms with Crippen LogP contribution in [-0.4, -0.2) is 54.3 Å². The summed E-state index contributed by atoms with van der Waals surface area (Å²) in [6.07, 6.45) is -3.19. The number of benzene rings is 2. The lowest BCUT2D eigenvalue weighted by Crippen LogP contribution is -2.41. The molecule has 13 heteroatoms. The summed E-state index contributed by atoms with van der Waals surface area (Å²) < 4.78 is 47.6. The van der Waals surface area contributed by atoms with Gasteiger partial charge >= 0.3 is 12.1 Å². The smallest absolute Gasteiger partial charge is 0.368 e. The van der Waals surface area contributed by atoms with E-state index in [4.69, 9.17) is 11.6 Å². The minimum atomic E-state index is -4.96. The van der Waals surface area contributed by atoms with E-state index in [0.717, 1.165) is 35.6 Å². The molecule has 2 heterocycles. The molecule has 0 unspecified atom stereocenters. The van der Waals surface area contributed by atoms with Crippen molar-refractivity contribution in [2.45, 2.75) is 52.1 Å². The maximum atomic E-state index is 13.6. The highest BCUT2D eigenvalue weighted by Gasteiger charge is 2.38. The van der Waals surface area contributed by atoms with Crippen LogP contribution < -0.4 is 16.4 Å². The van der Waals surface area contributed by atoms with Crippen molar-refractivity contribution < 1.29 is 36.7 Å². The topological polar surface area (TPSA) is 122 Å². The molecule has 4 rings (SSSR count). The number of likely N-dealkylation sites (tertiary alicyclic amines) is 1. The van der Waals surface area contributed by atoms with Crippen LogP contribution in [0.4, 0.5) is 23.2 Å². The van der Waals surface area contributed by atoms with Gasteiger partial charge in [0.05, 0.1) is 13.0 Å². The Hall–Kier alpha value is -3.67. The summed E-state index contributed by atoms with van der Waals surface area (Å²) in [7, 11) is 0. The second-order valence-corrected chi connectivity index (χ2v) is 10.6. The number of fused-ring (bicyclic) bond motifs is 1. The number of amides is 4. The molecule has 1 fully saturated rings. The first-order valence-electron chi connectivity index (χ1n) is 12.9. The number of carbonyl (C=O) groups excluding carboxylic acids is 4. The zero-order valence-corrected chi connectivity index (χ0v) is 23.7.